The van der Waals surface area contributed by atoms with E-state index in [1.165, 1.54) is 61.0 Å². The van der Waals surface area contributed by atoms with Crippen LogP contribution in [0.2, 0.25) is 0 Å². The molecule has 7 aromatic carbocycles. The quantitative estimate of drug-likeness (QED) is 0.202. The third-order valence-electron chi connectivity index (χ3n) is 11.0. The van der Waals surface area contributed by atoms with Crippen molar-refractivity contribution in [2.45, 2.75) is 38.5 Å². The summed E-state index contributed by atoms with van der Waals surface area (Å²) < 4.78 is 0. The largest absolute Gasteiger partial charge is 0.507 e. The van der Waals surface area contributed by atoms with Crippen molar-refractivity contribution in [3.8, 4) is 44.9 Å². The molecule has 49 heavy (non-hydrogen) atoms. The lowest BCUT2D eigenvalue weighted by Crippen LogP contribution is -2.18. The molecule has 0 radical (unpaired) electrons. The van der Waals surface area contributed by atoms with E-state index in [0.717, 1.165) is 16.9 Å². The first-order valence-electron chi connectivity index (χ1n) is 17.0. The molecule has 0 spiro atoms. The molecule has 0 fully saturated rings. The molecule has 3 nitrogen and oxygen atoms in total. The standard InChI is InChI=1S/C46H37NO2/c1-45(2)36-24-28(43-41(48)20-13-21-42(43)49)22-23-31(36)34-25-38-35(26-37(34)45)44-33-19-12-11-18-32(33)40(27-39(44)46(38,3)4)47(29-14-7-5-8-15-29)30-16-9-6-10-17-30/h5-27,48-49H,1-4H3. The van der Waals surface area contributed by atoms with Gasteiger partial charge >= 0.3 is 0 Å². The number of para-hydroxylation sites is 2. The monoisotopic (exact) mass is 635 g/mol. The SMILES string of the molecule is CC1(C)c2cc(-c3c(O)cccc3O)ccc2-c2cc3c(cc21)-c1c(cc(N(c2ccccc2)c2ccccc2)c2ccccc12)C3(C)C. The number of hydrogen-bond acceptors (Lipinski definition) is 3. The highest BCUT2D eigenvalue weighted by Gasteiger charge is 2.43. The van der Waals surface area contributed by atoms with Crippen LogP contribution in [0.4, 0.5) is 17.1 Å². The molecule has 2 aliphatic rings. The zero-order valence-electron chi connectivity index (χ0n) is 28.1. The zero-order valence-corrected chi connectivity index (χ0v) is 28.1. The molecule has 7 aromatic rings. The van der Waals surface area contributed by atoms with Gasteiger partial charge in [0.25, 0.3) is 0 Å². The van der Waals surface area contributed by atoms with Crippen LogP contribution in [-0.4, -0.2) is 10.2 Å². The number of phenolic OH excluding ortho intramolecular Hbond substituents is 2. The maximum atomic E-state index is 10.7. The molecular weight excluding hydrogens is 599 g/mol. The summed E-state index contributed by atoms with van der Waals surface area (Å²) in [6.07, 6.45) is 0. The highest BCUT2D eigenvalue weighted by atomic mass is 16.3. The van der Waals surface area contributed by atoms with Gasteiger partial charge in [0.2, 0.25) is 0 Å². The third-order valence-corrected chi connectivity index (χ3v) is 11.0. The Hall–Kier alpha value is -5.80. The summed E-state index contributed by atoms with van der Waals surface area (Å²) >= 11 is 0. The van der Waals surface area contributed by atoms with Crippen LogP contribution in [0.5, 0.6) is 11.5 Å². The molecule has 0 bridgehead atoms. The molecule has 9 rings (SSSR count). The lowest BCUT2D eigenvalue weighted by atomic mass is 9.79. The van der Waals surface area contributed by atoms with Crippen molar-refractivity contribution in [2.75, 3.05) is 4.90 Å². The van der Waals surface area contributed by atoms with E-state index in [2.05, 4.69) is 148 Å². The Kier molecular flexibility index (Phi) is 6.20. The van der Waals surface area contributed by atoms with Gasteiger partial charge in [-0.05, 0) is 116 Å². The predicted octanol–water partition coefficient (Wildman–Crippen LogP) is 12.0. The Bertz CT molecular complexity index is 2400. The first-order chi connectivity index (χ1) is 23.7. The van der Waals surface area contributed by atoms with Crippen LogP contribution in [0.1, 0.15) is 49.9 Å². The number of benzene rings is 7. The molecule has 2 N–H and O–H groups in total. The van der Waals surface area contributed by atoms with E-state index in [-0.39, 0.29) is 22.3 Å². The summed E-state index contributed by atoms with van der Waals surface area (Å²) in [5.41, 5.74) is 14.4. The van der Waals surface area contributed by atoms with Gasteiger partial charge in [-0.2, -0.15) is 0 Å². The number of rotatable bonds is 4. The summed E-state index contributed by atoms with van der Waals surface area (Å²) in [4.78, 5) is 2.39. The molecule has 0 aliphatic heterocycles. The van der Waals surface area contributed by atoms with Crippen LogP contribution in [0.15, 0.2) is 140 Å². The minimum absolute atomic E-state index is 0.0786. The van der Waals surface area contributed by atoms with E-state index >= 15 is 0 Å². The molecule has 0 heterocycles. The van der Waals surface area contributed by atoms with Crippen molar-refractivity contribution in [2.24, 2.45) is 0 Å². The number of anilines is 3. The number of aromatic hydroxyl groups is 2. The van der Waals surface area contributed by atoms with Crippen LogP contribution in [0.3, 0.4) is 0 Å². The van der Waals surface area contributed by atoms with E-state index < -0.39 is 0 Å². The number of fused-ring (bicyclic) bond motifs is 8. The van der Waals surface area contributed by atoms with Gasteiger partial charge < -0.3 is 15.1 Å². The summed E-state index contributed by atoms with van der Waals surface area (Å²) in [5, 5.41) is 23.8. The Morgan fingerprint density at radius 3 is 1.61 bits per heavy atom. The molecule has 3 heteroatoms. The van der Waals surface area contributed by atoms with Gasteiger partial charge in [-0.3, -0.25) is 0 Å². The normalized spacial score (nSPS) is 14.6. The first kappa shape index (κ1) is 29.3. The average Bonchev–Trinajstić information content (AvgIpc) is 3.47. The summed E-state index contributed by atoms with van der Waals surface area (Å²) in [5.74, 6) is 0.157. The van der Waals surface area contributed by atoms with E-state index in [9.17, 15) is 10.2 Å². The van der Waals surface area contributed by atoms with Gasteiger partial charge in [0.05, 0.1) is 11.3 Å². The fraction of sp³-hybridized carbons (Fsp3) is 0.130. The second-order valence-electron chi connectivity index (χ2n) is 14.5. The maximum absolute atomic E-state index is 10.7. The van der Waals surface area contributed by atoms with Crippen LogP contribution in [0, 0.1) is 0 Å². The van der Waals surface area contributed by atoms with Gasteiger partial charge in [-0.1, -0.05) is 107 Å². The van der Waals surface area contributed by atoms with Crippen molar-refractivity contribution < 1.29 is 10.2 Å². The fourth-order valence-corrected chi connectivity index (χ4v) is 8.54. The highest BCUT2D eigenvalue weighted by Crippen LogP contribution is 2.59. The number of nitrogens with zero attached hydrogens (tertiary/aromatic N) is 1. The summed E-state index contributed by atoms with van der Waals surface area (Å²) in [6.45, 7) is 9.31. The van der Waals surface area contributed by atoms with Gasteiger partial charge in [0, 0.05) is 27.6 Å². The minimum Gasteiger partial charge on any atom is -0.507 e. The first-order valence-corrected chi connectivity index (χ1v) is 17.0. The molecule has 0 atom stereocenters. The van der Waals surface area contributed by atoms with E-state index in [4.69, 9.17) is 0 Å². The Labute approximate surface area is 287 Å². The smallest absolute Gasteiger partial charge is 0.127 e. The van der Waals surface area contributed by atoms with Crippen molar-refractivity contribution in [1.29, 1.82) is 0 Å². The molecule has 238 valence electrons. The molecule has 0 saturated carbocycles. The second kappa shape index (κ2) is 10.3. The highest BCUT2D eigenvalue weighted by molar-refractivity contribution is 6.10. The molecule has 0 aromatic heterocycles. The number of hydrogen-bond donors (Lipinski definition) is 2. The third kappa shape index (κ3) is 4.15. The molecule has 0 unspecified atom stereocenters. The lowest BCUT2D eigenvalue weighted by Gasteiger charge is -2.29. The van der Waals surface area contributed by atoms with Crippen molar-refractivity contribution >= 4 is 27.8 Å². The summed E-state index contributed by atoms with van der Waals surface area (Å²) in [6, 6.07) is 48.8. The lowest BCUT2D eigenvalue weighted by molar-refractivity contribution is 0.454. The Balaban J connectivity index is 1.26. The van der Waals surface area contributed by atoms with Crippen molar-refractivity contribution in [1.82, 2.24) is 0 Å². The number of phenols is 2. The zero-order chi connectivity index (χ0) is 33.7. The van der Waals surface area contributed by atoms with Crippen molar-refractivity contribution in [3.05, 3.63) is 162 Å². The fourth-order valence-electron chi connectivity index (χ4n) is 8.54. The maximum Gasteiger partial charge on any atom is 0.127 e. The molecular formula is C46H37NO2. The van der Waals surface area contributed by atoms with Crippen LogP contribution in [-0.2, 0) is 10.8 Å². The van der Waals surface area contributed by atoms with Gasteiger partial charge in [-0.25, -0.2) is 0 Å². The predicted molar refractivity (Wildman–Crippen MR) is 203 cm³/mol. The Morgan fingerprint density at radius 2 is 0.959 bits per heavy atom. The van der Waals surface area contributed by atoms with E-state index in [1.807, 2.05) is 6.07 Å². The summed E-state index contributed by atoms with van der Waals surface area (Å²) in [7, 11) is 0. The average molecular weight is 636 g/mol. The van der Waals surface area contributed by atoms with Crippen molar-refractivity contribution in [3.63, 3.8) is 0 Å². The van der Waals surface area contributed by atoms with Gasteiger partial charge in [-0.15, -0.1) is 0 Å². The van der Waals surface area contributed by atoms with Crippen LogP contribution in [0.25, 0.3) is 44.2 Å². The topological polar surface area (TPSA) is 43.7 Å². The van der Waals surface area contributed by atoms with E-state index in [0.29, 0.717) is 5.56 Å². The second-order valence-corrected chi connectivity index (χ2v) is 14.5. The van der Waals surface area contributed by atoms with E-state index in [1.54, 1.807) is 18.2 Å². The Morgan fingerprint density at radius 1 is 0.429 bits per heavy atom. The molecule has 0 saturated heterocycles. The molecule has 0 amide bonds. The van der Waals surface area contributed by atoms with Crippen LogP contribution >= 0.6 is 0 Å². The van der Waals surface area contributed by atoms with Crippen LogP contribution < -0.4 is 4.90 Å². The van der Waals surface area contributed by atoms with Gasteiger partial charge in [0.15, 0.2) is 0 Å². The van der Waals surface area contributed by atoms with Gasteiger partial charge in [0.1, 0.15) is 11.5 Å². The molecule has 2 aliphatic carbocycles. The minimum atomic E-state index is -0.282.